The van der Waals surface area contributed by atoms with E-state index < -0.39 is 0 Å². The number of rotatable bonds is 7. The standard InChI is InChI=1S/C29H29N3O3/c33-28(31-27-15-4-3-14-26(27)29(34)30-18-24-12-7-17-35-24)23-11-6-16-32(20-23)19-22-10-5-9-21-8-1-2-13-25(21)22/h1-5,7-10,12-15,17,23H,6,11,16,18-20H2,(H,30,34)(H,31,33). The van der Waals surface area contributed by atoms with Crippen molar-refractivity contribution in [1.82, 2.24) is 10.2 Å². The second-order valence-corrected chi connectivity index (χ2v) is 9.01. The minimum absolute atomic E-state index is 0.0427. The van der Waals surface area contributed by atoms with Crippen LogP contribution in [0, 0.1) is 5.92 Å². The van der Waals surface area contributed by atoms with Gasteiger partial charge in [-0.05, 0) is 60.0 Å². The lowest BCUT2D eigenvalue weighted by atomic mass is 9.95. The molecule has 6 nitrogen and oxygen atoms in total. The maximum absolute atomic E-state index is 13.2. The van der Waals surface area contributed by atoms with E-state index in [0.29, 0.717) is 30.1 Å². The molecule has 4 aromatic rings. The number of hydrogen-bond acceptors (Lipinski definition) is 4. The highest BCUT2D eigenvalue weighted by molar-refractivity contribution is 6.04. The normalized spacial score (nSPS) is 16.2. The molecule has 35 heavy (non-hydrogen) atoms. The monoisotopic (exact) mass is 467 g/mol. The van der Waals surface area contributed by atoms with Crippen LogP contribution in [0.3, 0.4) is 0 Å². The number of likely N-dealkylation sites (tertiary alicyclic amines) is 1. The summed E-state index contributed by atoms with van der Waals surface area (Å²) in [5, 5.41) is 8.36. The van der Waals surface area contributed by atoms with Crippen LogP contribution in [0.5, 0.6) is 0 Å². The van der Waals surface area contributed by atoms with E-state index in [0.717, 1.165) is 25.9 Å². The Kier molecular flexibility index (Phi) is 6.91. The van der Waals surface area contributed by atoms with E-state index >= 15 is 0 Å². The van der Waals surface area contributed by atoms with Gasteiger partial charge in [-0.1, -0.05) is 54.6 Å². The van der Waals surface area contributed by atoms with Crippen molar-refractivity contribution >= 4 is 28.3 Å². The molecule has 2 heterocycles. The van der Waals surface area contributed by atoms with Gasteiger partial charge in [0.2, 0.25) is 5.91 Å². The summed E-state index contributed by atoms with van der Waals surface area (Å²) in [5.74, 6) is 0.253. The Hall–Kier alpha value is -3.90. The van der Waals surface area contributed by atoms with E-state index in [9.17, 15) is 9.59 Å². The van der Waals surface area contributed by atoms with Crippen LogP contribution in [0.1, 0.15) is 34.5 Å². The number of furan rings is 1. The summed E-state index contributed by atoms with van der Waals surface area (Å²) in [4.78, 5) is 28.3. The van der Waals surface area contributed by atoms with Crippen LogP contribution in [0.15, 0.2) is 89.5 Å². The number of hydrogen-bond donors (Lipinski definition) is 2. The zero-order valence-electron chi connectivity index (χ0n) is 19.6. The average molecular weight is 468 g/mol. The molecule has 0 bridgehead atoms. The second-order valence-electron chi connectivity index (χ2n) is 9.01. The Balaban J connectivity index is 1.23. The fourth-order valence-corrected chi connectivity index (χ4v) is 4.79. The third-order valence-electron chi connectivity index (χ3n) is 6.58. The van der Waals surface area contributed by atoms with Gasteiger partial charge in [-0.15, -0.1) is 0 Å². The summed E-state index contributed by atoms with van der Waals surface area (Å²) in [7, 11) is 0. The lowest BCUT2D eigenvalue weighted by Crippen LogP contribution is -2.40. The third-order valence-corrected chi connectivity index (χ3v) is 6.58. The lowest BCUT2D eigenvalue weighted by Gasteiger charge is -2.32. The highest BCUT2D eigenvalue weighted by Crippen LogP contribution is 2.25. The molecule has 0 radical (unpaired) electrons. The van der Waals surface area contributed by atoms with E-state index in [1.165, 1.54) is 16.3 Å². The molecule has 2 N–H and O–H groups in total. The van der Waals surface area contributed by atoms with Gasteiger partial charge in [-0.3, -0.25) is 14.5 Å². The van der Waals surface area contributed by atoms with Gasteiger partial charge in [0.25, 0.3) is 5.91 Å². The summed E-state index contributed by atoms with van der Waals surface area (Å²) >= 11 is 0. The minimum Gasteiger partial charge on any atom is -0.467 e. The van der Waals surface area contributed by atoms with Gasteiger partial charge in [0.15, 0.2) is 0 Å². The summed E-state index contributed by atoms with van der Waals surface area (Å²) in [6.07, 6.45) is 3.38. The molecular formula is C29H29N3O3. The fraction of sp³-hybridized carbons (Fsp3) is 0.241. The van der Waals surface area contributed by atoms with Crippen molar-refractivity contribution < 1.29 is 14.0 Å². The molecular weight excluding hydrogens is 438 g/mol. The number of amides is 2. The summed E-state index contributed by atoms with van der Waals surface area (Å²) in [5.41, 5.74) is 2.25. The Bertz CT molecular complexity index is 1310. The van der Waals surface area contributed by atoms with Gasteiger partial charge in [0.05, 0.1) is 30.0 Å². The lowest BCUT2D eigenvalue weighted by molar-refractivity contribution is -0.121. The number of fused-ring (bicyclic) bond motifs is 1. The molecule has 6 heteroatoms. The number of carbonyl (C=O) groups is 2. The number of nitrogens with one attached hydrogen (secondary N) is 2. The number of carbonyl (C=O) groups excluding carboxylic acids is 2. The van der Waals surface area contributed by atoms with Crippen molar-refractivity contribution in [2.75, 3.05) is 18.4 Å². The first-order chi connectivity index (χ1) is 17.2. The van der Waals surface area contributed by atoms with E-state index in [2.05, 4.69) is 58.0 Å². The fourth-order valence-electron chi connectivity index (χ4n) is 4.79. The van der Waals surface area contributed by atoms with Crippen LogP contribution in [0.25, 0.3) is 10.8 Å². The largest absolute Gasteiger partial charge is 0.467 e. The second kappa shape index (κ2) is 10.6. The van der Waals surface area contributed by atoms with Gasteiger partial charge >= 0.3 is 0 Å². The number of para-hydroxylation sites is 1. The molecule has 0 spiro atoms. The average Bonchev–Trinajstić information content (AvgIpc) is 3.42. The first kappa shape index (κ1) is 22.9. The molecule has 1 aromatic heterocycles. The first-order valence-electron chi connectivity index (χ1n) is 12.1. The van der Waals surface area contributed by atoms with Crippen LogP contribution in [0.4, 0.5) is 5.69 Å². The molecule has 0 saturated carbocycles. The highest BCUT2D eigenvalue weighted by Gasteiger charge is 2.27. The van der Waals surface area contributed by atoms with E-state index in [1.54, 1.807) is 36.6 Å². The Morgan fingerprint density at radius 3 is 2.66 bits per heavy atom. The molecule has 1 fully saturated rings. The molecule has 1 unspecified atom stereocenters. The predicted octanol–water partition coefficient (Wildman–Crippen LogP) is 5.21. The van der Waals surface area contributed by atoms with E-state index in [1.807, 2.05) is 6.07 Å². The van der Waals surface area contributed by atoms with Crippen LogP contribution in [-0.4, -0.2) is 29.8 Å². The summed E-state index contributed by atoms with van der Waals surface area (Å²) < 4.78 is 5.28. The van der Waals surface area contributed by atoms with Gasteiger partial charge in [-0.2, -0.15) is 0 Å². The minimum atomic E-state index is -0.251. The zero-order chi connectivity index (χ0) is 24.0. The number of benzene rings is 3. The van der Waals surface area contributed by atoms with Crippen LogP contribution in [0.2, 0.25) is 0 Å². The van der Waals surface area contributed by atoms with Gasteiger partial charge in [0.1, 0.15) is 5.76 Å². The van der Waals surface area contributed by atoms with E-state index in [-0.39, 0.29) is 17.7 Å². The van der Waals surface area contributed by atoms with Crippen molar-refractivity contribution in [2.24, 2.45) is 5.92 Å². The zero-order valence-corrected chi connectivity index (χ0v) is 19.6. The number of nitrogens with zero attached hydrogens (tertiary/aromatic N) is 1. The summed E-state index contributed by atoms with van der Waals surface area (Å²) in [6, 6.07) is 25.5. The van der Waals surface area contributed by atoms with Gasteiger partial charge < -0.3 is 15.1 Å². The number of anilines is 1. The Morgan fingerprint density at radius 1 is 0.943 bits per heavy atom. The van der Waals surface area contributed by atoms with Crippen LogP contribution < -0.4 is 10.6 Å². The molecule has 1 aliphatic rings. The maximum Gasteiger partial charge on any atom is 0.253 e. The van der Waals surface area contributed by atoms with Crippen molar-refractivity contribution in [3.8, 4) is 0 Å². The number of piperidine rings is 1. The quantitative estimate of drug-likeness (QED) is 0.391. The van der Waals surface area contributed by atoms with Gasteiger partial charge in [0, 0.05) is 13.1 Å². The van der Waals surface area contributed by atoms with Gasteiger partial charge in [-0.25, -0.2) is 0 Å². The SMILES string of the molecule is O=C(NCc1ccco1)c1ccccc1NC(=O)C1CCCN(Cc2cccc3ccccc23)C1. The van der Waals surface area contributed by atoms with Crippen molar-refractivity contribution in [3.63, 3.8) is 0 Å². The van der Waals surface area contributed by atoms with E-state index in [4.69, 9.17) is 4.42 Å². The molecule has 1 atom stereocenters. The van der Waals surface area contributed by atoms with Crippen LogP contribution in [-0.2, 0) is 17.9 Å². The summed E-state index contributed by atoms with van der Waals surface area (Å²) in [6.45, 7) is 2.78. The highest BCUT2D eigenvalue weighted by atomic mass is 16.3. The molecule has 2 amide bonds. The molecule has 178 valence electrons. The molecule has 1 aliphatic heterocycles. The molecule has 5 rings (SSSR count). The molecule has 3 aromatic carbocycles. The Labute approximate surface area is 204 Å². The smallest absolute Gasteiger partial charge is 0.253 e. The maximum atomic E-state index is 13.2. The van der Waals surface area contributed by atoms with Crippen molar-refractivity contribution in [1.29, 1.82) is 0 Å². The molecule has 1 saturated heterocycles. The predicted molar refractivity (Wildman–Crippen MR) is 137 cm³/mol. The topological polar surface area (TPSA) is 74.6 Å². The van der Waals surface area contributed by atoms with Crippen molar-refractivity contribution in [2.45, 2.75) is 25.9 Å². The van der Waals surface area contributed by atoms with Crippen LogP contribution >= 0.6 is 0 Å². The van der Waals surface area contributed by atoms with Crippen molar-refractivity contribution in [3.05, 3.63) is 102 Å². The third kappa shape index (κ3) is 5.44. The Morgan fingerprint density at radius 2 is 1.77 bits per heavy atom. The molecule has 0 aliphatic carbocycles. The first-order valence-corrected chi connectivity index (χ1v) is 12.1.